The van der Waals surface area contributed by atoms with Crippen LogP contribution >= 0.6 is 0 Å². The third kappa shape index (κ3) is 5.93. The molecule has 1 heterocycles. The second-order valence-corrected chi connectivity index (χ2v) is 7.91. The molecule has 0 atom stereocenters. The summed E-state index contributed by atoms with van der Waals surface area (Å²) in [6.07, 6.45) is 3.39. The molecule has 1 aliphatic heterocycles. The van der Waals surface area contributed by atoms with E-state index in [-0.39, 0.29) is 23.8 Å². The lowest BCUT2D eigenvalue weighted by atomic mass is 9.85. The highest BCUT2D eigenvalue weighted by Crippen LogP contribution is 2.27. The van der Waals surface area contributed by atoms with Crippen molar-refractivity contribution in [3.63, 3.8) is 0 Å². The Morgan fingerprint density at radius 1 is 1.00 bits per heavy atom. The van der Waals surface area contributed by atoms with E-state index in [2.05, 4.69) is 10.2 Å². The molecule has 1 saturated carbocycles. The molecule has 29 heavy (non-hydrogen) atoms. The van der Waals surface area contributed by atoms with Gasteiger partial charge >= 0.3 is 0 Å². The molecule has 1 N–H and O–H groups in total. The zero-order valence-corrected chi connectivity index (χ0v) is 17.6. The number of nitrogens with zero attached hydrogens (tertiary/aromatic N) is 2. The molecule has 0 aromatic heterocycles. The lowest BCUT2D eigenvalue weighted by Crippen LogP contribution is -2.51. The number of methoxy groups -OCH3 is 2. The second-order valence-electron chi connectivity index (χ2n) is 7.91. The Labute approximate surface area is 173 Å². The van der Waals surface area contributed by atoms with Gasteiger partial charge in [-0.25, -0.2) is 0 Å². The van der Waals surface area contributed by atoms with E-state index in [1.165, 1.54) is 0 Å². The Hall–Kier alpha value is -2.12. The van der Waals surface area contributed by atoms with Gasteiger partial charge in [0.1, 0.15) is 5.75 Å². The molecule has 2 fully saturated rings. The minimum atomic E-state index is -0.0605. The van der Waals surface area contributed by atoms with E-state index in [0.717, 1.165) is 70.8 Å². The summed E-state index contributed by atoms with van der Waals surface area (Å²) in [5, 5.41) is 3.11. The molecule has 3 rings (SSSR count). The largest absolute Gasteiger partial charge is 0.497 e. The Balaban J connectivity index is 1.40. The first-order valence-electron chi connectivity index (χ1n) is 10.6. The molecule has 160 valence electrons. The number of carbonyl (C=O) groups excluding carboxylic acids is 2. The monoisotopic (exact) mass is 403 g/mol. The molecule has 2 amide bonds. The van der Waals surface area contributed by atoms with Crippen LogP contribution in [0, 0.1) is 5.92 Å². The minimum Gasteiger partial charge on any atom is -0.497 e. The molecule has 0 unspecified atom stereocenters. The maximum absolute atomic E-state index is 12.9. The summed E-state index contributed by atoms with van der Waals surface area (Å²) in [6, 6.07) is 7.27. The smallest absolute Gasteiger partial charge is 0.251 e. The molecule has 2 aliphatic rings. The van der Waals surface area contributed by atoms with Crippen molar-refractivity contribution in [2.75, 3.05) is 53.6 Å². The summed E-state index contributed by atoms with van der Waals surface area (Å²) in [4.78, 5) is 29.7. The number of benzene rings is 1. The van der Waals surface area contributed by atoms with Gasteiger partial charge in [-0.15, -0.1) is 0 Å². The lowest BCUT2D eigenvalue weighted by Gasteiger charge is -2.38. The molecule has 7 nitrogen and oxygen atoms in total. The van der Waals surface area contributed by atoms with Gasteiger partial charge in [-0.1, -0.05) is 0 Å². The van der Waals surface area contributed by atoms with Gasteiger partial charge in [0, 0.05) is 57.4 Å². The summed E-state index contributed by atoms with van der Waals surface area (Å²) >= 11 is 0. The molecule has 1 saturated heterocycles. The normalized spacial score (nSPS) is 22.9. The van der Waals surface area contributed by atoms with Crippen LogP contribution < -0.4 is 10.1 Å². The fourth-order valence-electron chi connectivity index (χ4n) is 4.17. The summed E-state index contributed by atoms with van der Waals surface area (Å²) in [6.45, 7) is 5.11. The van der Waals surface area contributed by atoms with Gasteiger partial charge in [0.05, 0.1) is 13.7 Å². The number of carbonyl (C=O) groups is 2. The van der Waals surface area contributed by atoms with Gasteiger partial charge < -0.3 is 19.7 Å². The maximum Gasteiger partial charge on any atom is 0.251 e. The van der Waals surface area contributed by atoms with Gasteiger partial charge in [0.2, 0.25) is 5.91 Å². The molecule has 7 heteroatoms. The number of rotatable bonds is 7. The highest BCUT2D eigenvalue weighted by Gasteiger charge is 2.31. The van der Waals surface area contributed by atoms with E-state index < -0.39 is 0 Å². The SMILES string of the molecule is COCCN1CCN(C(=O)C2CCC(NC(=O)c3ccc(OC)cc3)CC2)CC1. The number of piperazine rings is 1. The first-order valence-corrected chi connectivity index (χ1v) is 10.6. The van der Waals surface area contributed by atoms with Crippen molar-refractivity contribution < 1.29 is 19.1 Å². The second kappa shape index (κ2) is 10.6. The van der Waals surface area contributed by atoms with Crippen LogP contribution in [0.3, 0.4) is 0 Å². The summed E-state index contributed by atoms with van der Waals surface area (Å²) in [5.41, 5.74) is 0.635. The van der Waals surface area contributed by atoms with Crippen molar-refractivity contribution in [2.45, 2.75) is 31.7 Å². The number of hydrogen-bond acceptors (Lipinski definition) is 5. The molecule has 1 aromatic rings. The van der Waals surface area contributed by atoms with E-state index in [9.17, 15) is 9.59 Å². The van der Waals surface area contributed by atoms with E-state index in [1.54, 1.807) is 38.5 Å². The van der Waals surface area contributed by atoms with Gasteiger partial charge in [0.15, 0.2) is 0 Å². The van der Waals surface area contributed by atoms with Crippen LogP contribution in [0.2, 0.25) is 0 Å². The third-order valence-corrected chi connectivity index (χ3v) is 6.06. The van der Waals surface area contributed by atoms with Crippen LogP contribution in [-0.2, 0) is 9.53 Å². The van der Waals surface area contributed by atoms with Crippen molar-refractivity contribution in [2.24, 2.45) is 5.92 Å². The zero-order valence-electron chi connectivity index (χ0n) is 17.6. The van der Waals surface area contributed by atoms with E-state index >= 15 is 0 Å². The highest BCUT2D eigenvalue weighted by molar-refractivity contribution is 5.94. The molecule has 0 radical (unpaired) electrons. The Kier molecular flexibility index (Phi) is 7.89. The summed E-state index contributed by atoms with van der Waals surface area (Å²) in [5.74, 6) is 1.06. The summed E-state index contributed by atoms with van der Waals surface area (Å²) in [7, 11) is 3.33. The average molecular weight is 404 g/mol. The molecule has 1 aromatic carbocycles. The van der Waals surface area contributed by atoms with Crippen LogP contribution in [0.1, 0.15) is 36.0 Å². The Morgan fingerprint density at radius 2 is 1.66 bits per heavy atom. The number of hydrogen-bond donors (Lipinski definition) is 1. The van der Waals surface area contributed by atoms with Gasteiger partial charge in [-0.3, -0.25) is 14.5 Å². The third-order valence-electron chi connectivity index (χ3n) is 6.06. The average Bonchev–Trinajstić information content (AvgIpc) is 2.78. The highest BCUT2D eigenvalue weighted by atomic mass is 16.5. The first-order chi connectivity index (χ1) is 14.1. The van der Waals surface area contributed by atoms with Crippen molar-refractivity contribution in [3.8, 4) is 5.75 Å². The first kappa shape index (κ1) is 21.6. The molecular formula is C22H33N3O4. The van der Waals surface area contributed by atoms with Crippen molar-refractivity contribution in [1.29, 1.82) is 0 Å². The van der Waals surface area contributed by atoms with Gasteiger partial charge in [-0.05, 0) is 49.9 Å². The number of amides is 2. The van der Waals surface area contributed by atoms with Gasteiger partial charge in [-0.2, -0.15) is 0 Å². The standard InChI is InChI=1S/C22H33N3O4/c1-28-16-15-24-11-13-25(14-12-24)22(27)18-3-7-19(8-4-18)23-21(26)17-5-9-20(29-2)10-6-17/h5-6,9-10,18-19H,3-4,7-8,11-16H2,1-2H3,(H,23,26). The van der Waals surface area contributed by atoms with Crippen LogP contribution in [0.4, 0.5) is 0 Å². The molecule has 1 aliphatic carbocycles. The van der Waals surface area contributed by atoms with Crippen LogP contribution in [0.25, 0.3) is 0 Å². The predicted octanol–water partition coefficient (Wildman–Crippen LogP) is 1.77. The van der Waals surface area contributed by atoms with Gasteiger partial charge in [0.25, 0.3) is 5.91 Å². The van der Waals surface area contributed by atoms with Crippen LogP contribution in [0.15, 0.2) is 24.3 Å². The van der Waals surface area contributed by atoms with E-state index in [0.29, 0.717) is 5.56 Å². The minimum absolute atomic E-state index is 0.0605. The number of nitrogens with one attached hydrogen (secondary N) is 1. The number of ether oxygens (including phenoxy) is 2. The molecule has 0 spiro atoms. The van der Waals surface area contributed by atoms with Crippen LogP contribution in [0.5, 0.6) is 5.75 Å². The Morgan fingerprint density at radius 3 is 2.24 bits per heavy atom. The van der Waals surface area contributed by atoms with Crippen molar-refractivity contribution >= 4 is 11.8 Å². The van der Waals surface area contributed by atoms with E-state index in [1.807, 2.05) is 4.90 Å². The fraction of sp³-hybridized carbons (Fsp3) is 0.636. The van der Waals surface area contributed by atoms with Crippen LogP contribution in [-0.4, -0.2) is 81.2 Å². The summed E-state index contributed by atoms with van der Waals surface area (Å²) < 4.78 is 10.3. The van der Waals surface area contributed by atoms with E-state index in [4.69, 9.17) is 9.47 Å². The maximum atomic E-state index is 12.9. The Bertz CT molecular complexity index is 663. The fourth-order valence-corrected chi connectivity index (χ4v) is 4.17. The topological polar surface area (TPSA) is 71.1 Å². The quantitative estimate of drug-likeness (QED) is 0.751. The van der Waals surface area contributed by atoms with Crippen molar-refractivity contribution in [1.82, 2.24) is 15.1 Å². The molecular weight excluding hydrogens is 370 g/mol. The van der Waals surface area contributed by atoms with Crippen molar-refractivity contribution in [3.05, 3.63) is 29.8 Å². The zero-order chi connectivity index (χ0) is 20.6. The lowest BCUT2D eigenvalue weighted by molar-refractivity contribution is -0.138. The predicted molar refractivity (Wildman–Crippen MR) is 111 cm³/mol. The molecule has 0 bridgehead atoms.